The summed E-state index contributed by atoms with van der Waals surface area (Å²) in [4.78, 5) is 12.1. The number of nitrogens with one attached hydrogen (secondary N) is 1. The first kappa shape index (κ1) is 16.7. The number of amides is 1. The zero-order chi connectivity index (χ0) is 17.8. The lowest BCUT2D eigenvalue weighted by Gasteiger charge is -2.05. The molecular formula is C17H20N6O2. The molecular weight excluding hydrogens is 320 g/mol. The third-order valence-electron chi connectivity index (χ3n) is 3.54. The van der Waals surface area contributed by atoms with E-state index in [0.717, 1.165) is 17.0 Å². The minimum absolute atomic E-state index is 0.0711. The molecule has 0 unspecified atom stereocenters. The van der Waals surface area contributed by atoms with E-state index in [1.807, 2.05) is 38.1 Å². The summed E-state index contributed by atoms with van der Waals surface area (Å²) in [5, 5.41) is 15.0. The Morgan fingerprint density at radius 2 is 2.12 bits per heavy atom. The Morgan fingerprint density at radius 3 is 2.84 bits per heavy atom. The van der Waals surface area contributed by atoms with Crippen molar-refractivity contribution in [3.63, 3.8) is 0 Å². The van der Waals surface area contributed by atoms with E-state index in [0.29, 0.717) is 18.1 Å². The number of nitrogens with zero attached hydrogens (tertiary/aromatic N) is 5. The monoisotopic (exact) mass is 340 g/mol. The molecule has 8 heteroatoms. The maximum Gasteiger partial charge on any atom is 0.247 e. The number of aromatic nitrogens is 5. The fraction of sp³-hybridized carbons (Fsp3) is 0.294. The number of aryl methyl sites for hydroxylation is 3. The summed E-state index contributed by atoms with van der Waals surface area (Å²) in [5.74, 6) is 1.23. The molecule has 0 saturated carbocycles. The third kappa shape index (κ3) is 4.43. The Balaban J connectivity index is 1.54. The number of benzene rings is 1. The van der Waals surface area contributed by atoms with Crippen LogP contribution in [0.3, 0.4) is 0 Å². The van der Waals surface area contributed by atoms with Gasteiger partial charge in [0.05, 0.1) is 11.9 Å². The molecule has 1 N–H and O–H groups in total. The molecule has 0 atom stereocenters. The zero-order valence-electron chi connectivity index (χ0n) is 14.4. The predicted molar refractivity (Wildman–Crippen MR) is 92.1 cm³/mol. The number of anilines is 1. The van der Waals surface area contributed by atoms with E-state index < -0.39 is 0 Å². The molecule has 0 aliphatic rings. The fourth-order valence-electron chi connectivity index (χ4n) is 2.40. The maximum atomic E-state index is 12.1. The van der Waals surface area contributed by atoms with Crippen molar-refractivity contribution in [1.29, 1.82) is 0 Å². The van der Waals surface area contributed by atoms with Crippen LogP contribution in [0.2, 0.25) is 0 Å². The van der Waals surface area contributed by atoms with Crippen LogP contribution in [0, 0.1) is 13.8 Å². The summed E-state index contributed by atoms with van der Waals surface area (Å²) in [6.45, 7) is 4.24. The van der Waals surface area contributed by atoms with E-state index in [2.05, 4.69) is 20.7 Å². The Bertz CT molecular complexity index is 883. The maximum absolute atomic E-state index is 12.1. The molecule has 25 heavy (non-hydrogen) atoms. The van der Waals surface area contributed by atoms with Crippen LogP contribution in [0.15, 0.2) is 36.5 Å². The highest BCUT2D eigenvalue weighted by Gasteiger charge is 2.10. The Labute approximate surface area is 145 Å². The first-order valence-electron chi connectivity index (χ1n) is 7.88. The molecule has 8 nitrogen and oxygen atoms in total. The first-order valence-corrected chi connectivity index (χ1v) is 7.88. The van der Waals surface area contributed by atoms with Gasteiger partial charge in [0.15, 0.2) is 0 Å². The smallest absolute Gasteiger partial charge is 0.247 e. The number of carbonyl (C=O) groups is 1. The van der Waals surface area contributed by atoms with E-state index in [-0.39, 0.29) is 12.5 Å². The molecule has 0 saturated heterocycles. The van der Waals surface area contributed by atoms with Crippen LogP contribution in [-0.2, 0) is 25.0 Å². The standard InChI is InChI=1S/C17H20N6O2/c1-12-5-4-6-15(7-12)25-11-14-9-23(21-19-14)10-17(24)18-16-8-13(2)20-22(16)3/h4-9H,10-11H2,1-3H3,(H,18,24). The molecule has 0 radical (unpaired) electrons. The Hall–Kier alpha value is -3.16. The quantitative estimate of drug-likeness (QED) is 0.740. The summed E-state index contributed by atoms with van der Waals surface area (Å²) < 4.78 is 8.78. The summed E-state index contributed by atoms with van der Waals surface area (Å²) in [5.41, 5.74) is 2.63. The number of rotatable bonds is 6. The van der Waals surface area contributed by atoms with E-state index in [9.17, 15) is 4.79 Å². The molecule has 0 bridgehead atoms. The highest BCUT2D eigenvalue weighted by molar-refractivity contribution is 5.89. The molecule has 0 aliphatic heterocycles. The first-order chi connectivity index (χ1) is 12.0. The van der Waals surface area contributed by atoms with Crippen molar-refractivity contribution in [3.05, 3.63) is 53.5 Å². The number of carbonyl (C=O) groups excluding carboxylic acids is 1. The summed E-state index contributed by atoms with van der Waals surface area (Å²) in [6, 6.07) is 9.59. The highest BCUT2D eigenvalue weighted by atomic mass is 16.5. The van der Waals surface area contributed by atoms with E-state index in [1.54, 1.807) is 24.0 Å². The Kier molecular flexibility index (Phi) is 4.78. The second kappa shape index (κ2) is 7.16. The van der Waals surface area contributed by atoms with E-state index in [4.69, 9.17) is 4.74 Å². The van der Waals surface area contributed by atoms with Gasteiger partial charge in [0.1, 0.15) is 30.4 Å². The minimum Gasteiger partial charge on any atom is -0.487 e. The van der Waals surface area contributed by atoms with Crippen LogP contribution < -0.4 is 10.1 Å². The molecule has 2 heterocycles. The van der Waals surface area contributed by atoms with Crippen molar-refractivity contribution in [1.82, 2.24) is 24.8 Å². The van der Waals surface area contributed by atoms with Crippen LogP contribution in [0.4, 0.5) is 5.82 Å². The van der Waals surface area contributed by atoms with Crippen molar-refractivity contribution in [2.75, 3.05) is 5.32 Å². The third-order valence-corrected chi connectivity index (χ3v) is 3.54. The van der Waals surface area contributed by atoms with Crippen molar-refractivity contribution in [3.8, 4) is 5.75 Å². The van der Waals surface area contributed by atoms with Gasteiger partial charge in [-0.2, -0.15) is 5.10 Å². The average molecular weight is 340 g/mol. The van der Waals surface area contributed by atoms with Gasteiger partial charge in [0, 0.05) is 13.1 Å². The summed E-state index contributed by atoms with van der Waals surface area (Å²) in [7, 11) is 1.78. The van der Waals surface area contributed by atoms with E-state index in [1.165, 1.54) is 4.68 Å². The normalized spacial score (nSPS) is 10.7. The second-order valence-electron chi connectivity index (χ2n) is 5.86. The van der Waals surface area contributed by atoms with Gasteiger partial charge in [0.2, 0.25) is 5.91 Å². The van der Waals surface area contributed by atoms with Gasteiger partial charge >= 0.3 is 0 Å². The van der Waals surface area contributed by atoms with Gasteiger partial charge in [-0.3, -0.25) is 9.48 Å². The van der Waals surface area contributed by atoms with Crippen molar-refractivity contribution >= 4 is 11.7 Å². The van der Waals surface area contributed by atoms with Crippen LogP contribution in [0.25, 0.3) is 0 Å². The van der Waals surface area contributed by atoms with E-state index >= 15 is 0 Å². The molecule has 3 aromatic rings. The minimum atomic E-state index is -0.195. The lowest BCUT2D eigenvalue weighted by molar-refractivity contribution is -0.117. The van der Waals surface area contributed by atoms with Crippen LogP contribution in [0.5, 0.6) is 5.75 Å². The molecule has 0 aliphatic carbocycles. The lowest BCUT2D eigenvalue weighted by Crippen LogP contribution is -2.20. The van der Waals surface area contributed by atoms with Gasteiger partial charge in [-0.1, -0.05) is 17.3 Å². The van der Waals surface area contributed by atoms with Crippen LogP contribution in [0.1, 0.15) is 17.0 Å². The highest BCUT2D eigenvalue weighted by Crippen LogP contribution is 2.13. The number of ether oxygens (including phenoxy) is 1. The largest absolute Gasteiger partial charge is 0.487 e. The van der Waals surface area contributed by atoms with Crippen LogP contribution >= 0.6 is 0 Å². The number of hydrogen-bond donors (Lipinski definition) is 1. The van der Waals surface area contributed by atoms with Crippen LogP contribution in [-0.4, -0.2) is 30.7 Å². The topological polar surface area (TPSA) is 86.9 Å². The molecule has 1 aromatic carbocycles. The number of hydrogen-bond acceptors (Lipinski definition) is 5. The average Bonchev–Trinajstić information content (AvgIpc) is 3.11. The molecule has 130 valence electrons. The molecule has 0 fully saturated rings. The predicted octanol–water partition coefficient (Wildman–Crippen LogP) is 1.85. The van der Waals surface area contributed by atoms with Gasteiger partial charge in [-0.15, -0.1) is 5.10 Å². The lowest BCUT2D eigenvalue weighted by atomic mass is 10.2. The SMILES string of the molecule is Cc1cccc(OCc2cn(CC(=O)Nc3cc(C)nn3C)nn2)c1. The van der Waals surface area contributed by atoms with Crippen molar-refractivity contribution in [2.45, 2.75) is 27.0 Å². The molecule has 2 aromatic heterocycles. The summed E-state index contributed by atoms with van der Waals surface area (Å²) >= 11 is 0. The molecule has 1 amide bonds. The van der Waals surface area contributed by atoms with Gasteiger partial charge in [0.25, 0.3) is 0 Å². The summed E-state index contributed by atoms with van der Waals surface area (Å²) in [6.07, 6.45) is 1.70. The van der Waals surface area contributed by atoms with Crippen molar-refractivity contribution < 1.29 is 9.53 Å². The Morgan fingerprint density at radius 1 is 1.28 bits per heavy atom. The van der Waals surface area contributed by atoms with Gasteiger partial charge < -0.3 is 10.1 Å². The molecule has 0 spiro atoms. The van der Waals surface area contributed by atoms with Gasteiger partial charge in [-0.05, 0) is 31.5 Å². The van der Waals surface area contributed by atoms with Gasteiger partial charge in [-0.25, -0.2) is 4.68 Å². The zero-order valence-corrected chi connectivity index (χ0v) is 14.4. The fourth-order valence-corrected chi connectivity index (χ4v) is 2.40. The van der Waals surface area contributed by atoms with Crippen molar-refractivity contribution in [2.24, 2.45) is 7.05 Å². The molecule has 3 rings (SSSR count). The second-order valence-corrected chi connectivity index (χ2v) is 5.86.